The maximum absolute atomic E-state index is 11.8. The molecule has 0 atom stereocenters. The lowest BCUT2D eigenvalue weighted by atomic mass is 10.0. The van der Waals surface area contributed by atoms with E-state index in [0.717, 1.165) is 5.56 Å². The number of ether oxygens (including phenoxy) is 3. The number of amides is 1. The minimum atomic E-state index is -0.327. The molecule has 0 saturated carbocycles. The summed E-state index contributed by atoms with van der Waals surface area (Å²) in [6, 6.07) is 13.1. The number of rotatable bonds is 6. The maximum atomic E-state index is 11.8. The molecular formula is C19H20N2O4. The maximum Gasteiger partial charge on any atom is 0.277 e. The molecule has 2 aromatic rings. The number of hydrogen-bond acceptors (Lipinski definition) is 5. The lowest BCUT2D eigenvalue weighted by molar-refractivity contribution is -0.123. The highest BCUT2D eigenvalue weighted by Gasteiger charge is 2.12. The number of fused-ring (bicyclic) bond motifs is 1. The highest BCUT2D eigenvalue weighted by atomic mass is 16.7. The third-order valence-electron chi connectivity index (χ3n) is 3.69. The van der Waals surface area contributed by atoms with Crippen LogP contribution in [0.25, 0.3) is 0 Å². The zero-order valence-corrected chi connectivity index (χ0v) is 14.2. The number of nitrogens with zero attached hydrogens (tertiary/aromatic N) is 1. The minimum Gasteiger partial charge on any atom is -0.484 e. The first-order valence-corrected chi connectivity index (χ1v) is 8.06. The smallest absolute Gasteiger partial charge is 0.277 e. The van der Waals surface area contributed by atoms with Crippen LogP contribution in [0.3, 0.4) is 0 Å². The summed E-state index contributed by atoms with van der Waals surface area (Å²) < 4.78 is 16.0. The van der Waals surface area contributed by atoms with E-state index in [1.54, 1.807) is 18.3 Å². The van der Waals surface area contributed by atoms with Crippen molar-refractivity contribution in [2.24, 2.45) is 5.10 Å². The van der Waals surface area contributed by atoms with Gasteiger partial charge in [0.1, 0.15) is 5.75 Å². The summed E-state index contributed by atoms with van der Waals surface area (Å²) in [4.78, 5) is 11.8. The fraction of sp³-hybridized carbons (Fsp3) is 0.263. The Morgan fingerprint density at radius 2 is 2.08 bits per heavy atom. The molecule has 2 aromatic carbocycles. The first-order valence-electron chi connectivity index (χ1n) is 8.06. The molecule has 0 aliphatic carbocycles. The van der Waals surface area contributed by atoms with E-state index in [9.17, 15) is 4.79 Å². The van der Waals surface area contributed by atoms with E-state index in [-0.39, 0.29) is 19.3 Å². The second kappa shape index (κ2) is 7.70. The van der Waals surface area contributed by atoms with Crippen molar-refractivity contribution in [3.63, 3.8) is 0 Å². The largest absolute Gasteiger partial charge is 0.484 e. The Morgan fingerprint density at radius 1 is 1.24 bits per heavy atom. The molecule has 0 radical (unpaired) electrons. The Bertz CT molecular complexity index is 787. The predicted octanol–water partition coefficient (Wildman–Crippen LogP) is 3.07. The van der Waals surface area contributed by atoms with Crippen LogP contribution >= 0.6 is 0 Å². The van der Waals surface area contributed by atoms with Crippen molar-refractivity contribution in [3.8, 4) is 17.2 Å². The second-order valence-corrected chi connectivity index (χ2v) is 5.92. The van der Waals surface area contributed by atoms with Gasteiger partial charge >= 0.3 is 0 Å². The molecule has 3 rings (SSSR count). The first kappa shape index (κ1) is 16.8. The molecule has 25 heavy (non-hydrogen) atoms. The zero-order chi connectivity index (χ0) is 17.6. The van der Waals surface area contributed by atoms with Crippen molar-refractivity contribution in [2.75, 3.05) is 13.4 Å². The van der Waals surface area contributed by atoms with Crippen LogP contribution in [0.5, 0.6) is 17.2 Å². The van der Waals surface area contributed by atoms with Gasteiger partial charge in [-0.1, -0.05) is 26.0 Å². The molecule has 1 aliphatic heterocycles. The van der Waals surface area contributed by atoms with E-state index in [1.807, 2.05) is 30.3 Å². The van der Waals surface area contributed by atoms with E-state index >= 15 is 0 Å². The van der Waals surface area contributed by atoms with Gasteiger partial charge in [-0.2, -0.15) is 5.10 Å². The number of hydrazone groups is 1. The van der Waals surface area contributed by atoms with Crippen LogP contribution in [0.4, 0.5) is 0 Å². The van der Waals surface area contributed by atoms with E-state index in [2.05, 4.69) is 24.4 Å². The summed E-state index contributed by atoms with van der Waals surface area (Å²) in [5.74, 6) is 2.12. The molecule has 1 N–H and O–H groups in total. The number of nitrogens with one attached hydrogen (secondary N) is 1. The van der Waals surface area contributed by atoms with Crippen LogP contribution in [-0.2, 0) is 4.79 Å². The fourth-order valence-corrected chi connectivity index (χ4v) is 2.32. The van der Waals surface area contributed by atoms with E-state index in [0.29, 0.717) is 23.2 Å². The van der Waals surface area contributed by atoms with Crippen LogP contribution in [0.15, 0.2) is 47.6 Å². The Labute approximate surface area is 146 Å². The van der Waals surface area contributed by atoms with Gasteiger partial charge in [-0.3, -0.25) is 4.79 Å². The van der Waals surface area contributed by atoms with Crippen molar-refractivity contribution in [3.05, 3.63) is 53.6 Å². The SMILES string of the molecule is CC(C)c1cccc(OCC(=O)N/N=C/c2ccc3c(c2)OCO3)c1. The summed E-state index contributed by atoms with van der Waals surface area (Å²) in [6.45, 7) is 4.34. The molecule has 1 heterocycles. The summed E-state index contributed by atoms with van der Waals surface area (Å²) in [5.41, 5.74) is 4.41. The molecule has 1 aliphatic rings. The lowest BCUT2D eigenvalue weighted by Gasteiger charge is -2.09. The third-order valence-corrected chi connectivity index (χ3v) is 3.69. The molecule has 0 aromatic heterocycles. The van der Waals surface area contributed by atoms with Crippen LogP contribution in [0, 0.1) is 0 Å². The van der Waals surface area contributed by atoms with Crippen molar-refractivity contribution < 1.29 is 19.0 Å². The highest BCUT2D eigenvalue weighted by molar-refractivity contribution is 5.83. The molecule has 6 nitrogen and oxygen atoms in total. The Kier molecular flexibility index (Phi) is 5.18. The predicted molar refractivity (Wildman–Crippen MR) is 94.3 cm³/mol. The fourth-order valence-electron chi connectivity index (χ4n) is 2.32. The van der Waals surface area contributed by atoms with Crippen molar-refractivity contribution in [2.45, 2.75) is 19.8 Å². The third kappa shape index (κ3) is 4.50. The monoisotopic (exact) mass is 340 g/mol. The van der Waals surface area contributed by atoms with Gasteiger partial charge in [-0.05, 0) is 47.4 Å². The van der Waals surface area contributed by atoms with Crippen LogP contribution < -0.4 is 19.6 Å². The Hall–Kier alpha value is -3.02. The molecule has 0 bridgehead atoms. The number of benzene rings is 2. The van der Waals surface area contributed by atoms with Gasteiger partial charge in [0.2, 0.25) is 6.79 Å². The van der Waals surface area contributed by atoms with Crippen LogP contribution in [0.1, 0.15) is 30.9 Å². The minimum absolute atomic E-state index is 0.0972. The van der Waals surface area contributed by atoms with Gasteiger partial charge in [-0.15, -0.1) is 0 Å². The molecule has 0 saturated heterocycles. The van der Waals surface area contributed by atoms with Gasteiger partial charge in [0.15, 0.2) is 18.1 Å². The molecule has 0 unspecified atom stereocenters. The molecule has 6 heteroatoms. The molecular weight excluding hydrogens is 320 g/mol. The van der Waals surface area contributed by atoms with Gasteiger partial charge in [-0.25, -0.2) is 5.43 Å². The number of hydrogen-bond donors (Lipinski definition) is 1. The van der Waals surface area contributed by atoms with E-state index in [1.165, 1.54) is 5.56 Å². The van der Waals surface area contributed by atoms with Crippen LogP contribution in [0.2, 0.25) is 0 Å². The quantitative estimate of drug-likeness (QED) is 0.648. The van der Waals surface area contributed by atoms with Gasteiger partial charge in [0, 0.05) is 0 Å². The van der Waals surface area contributed by atoms with Gasteiger partial charge < -0.3 is 14.2 Å². The second-order valence-electron chi connectivity index (χ2n) is 5.92. The van der Waals surface area contributed by atoms with E-state index < -0.39 is 0 Å². The van der Waals surface area contributed by atoms with E-state index in [4.69, 9.17) is 14.2 Å². The average Bonchev–Trinajstić information content (AvgIpc) is 3.08. The van der Waals surface area contributed by atoms with Gasteiger partial charge in [0.25, 0.3) is 5.91 Å². The normalized spacial score (nSPS) is 12.6. The Morgan fingerprint density at radius 3 is 2.92 bits per heavy atom. The Balaban J connectivity index is 1.49. The number of carbonyl (C=O) groups is 1. The highest BCUT2D eigenvalue weighted by Crippen LogP contribution is 2.31. The summed E-state index contributed by atoms with van der Waals surface area (Å²) in [7, 11) is 0. The van der Waals surface area contributed by atoms with Crippen molar-refractivity contribution in [1.29, 1.82) is 0 Å². The molecule has 130 valence electrons. The molecule has 0 fully saturated rings. The summed E-state index contributed by atoms with van der Waals surface area (Å²) in [6.07, 6.45) is 1.54. The lowest BCUT2D eigenvalue weighted by Crippen LogP contribution is -2.24. The van der Waals surface area contributed by atoms with Crippen molar-refractivity contribution in [1.82, 2.24) is 5.43 Å². The van der Waals surface area contributed by atoms with Crippen LogP contribution in [-0.4, -0.2) is 25.5 Å². The number of carbonyl (C=O) groups excluding carboxylic acids is 1. The standard InChI is InChI=1S/C19H20N2O4/c1-13(2)15-4-3-5-16(9-15)23-11-19(22)21-20-10-14-6-7-17-18(8-14)25-12-24-17/h3-10,13H,11-12H2,1-2H3,(H,21,22)/b20-10+. The molecule has 0 spiro atoms. The summed E-state index contributed by atoms with van der Waals surface area (Å²) >= 11 is 0. The van der Waals surface area contributed by atoms with Gasteiger partial charge in [0.05, 0.1) is 6.21 Å². The average molecular weight is 340 g/mol. The molecule has 1 amide bonds. The topological polar surface area (TPSA) is 69.2 Å². The summed E-state index contributed by atoms with van der Waals surface area (Å²) in [5, 5.41) is 3.92. The zero-order valence-electron chi connectivity index (χ0n) is 14.2. The first-order chi connectivity index (χ1) is 12.1. The van der Waals surface area contributed by atoms with Crippen molar-refractivity contribution >= 4 is 12.1 Å².